The fourth-order valence-electron chi connectivity index (χ4n) is 2.92. The van der Waals surface area contributed by atoms with Gasteiger partial charge in [0.1, 0.15) is 5.82 Å². The summed E-state index contributed by atoms with van der Waals surface area (Å²) in [4.78, 5) is 20.1. The fraction of sp³-hybridized carbons (Fsp3) is 0.500. The Bertz CT molecular complexity index is 723. The van der Waals surface area contributed by atoms with Crippen LogP contribution in [0.25, 0.3) is 0 Å². The number of hydrogen-bond donors (Lipinski definition) is 2. The highest BCUT2D eigenvalue weighted by molar-refractivity contribution is 5.92. The first-order valence-electron chi connectivity index (χ1n) is 8.61. The van der Waals surface area contributed by atoms with Gasteiger partial charge in [0.2, 0.25) is 5.91 Å². The molecule has 0 radical (unpaired) electrons. The Labute approximate surface area is 148 Å². The van der Waals surface area contributed by atoms with E-state index in [0.717, 1.165) is 49.9 Å². The van der Waals surface area contributed by atoms with Crippen LogP contribution in [-0.2, 0) is 12.0 Å². The largest absolute Gasteiger partial charge is 0.366 e. The van der Waals surface area contributed by atoms with Gasteiger partial charge in [-0.05, 0) is 18.2 Å². The predicted octanol–water partition coefficient (Wildman–Crippen LogP) is 1.52. The van der Waals surface area contributed by atoms with E-state index < -0.39 is 5.91 Å². The number of piperazine rings is 1. The minimum absolute atomic E-state index is 0.0657. The Morgan fingerprint density at radius 3 is 2.48 bits per heavy atom. The highest BCUT2D eigenvalue weighted by Crippen LogP contribution is 2.21. The van der Waals surface area contributed by atoms with Crippen molar-refractivity contribution in [3.05, 3.63) is 41.3 Å². The van der Waals surface area contributed by atoms with Crippen LogP contribution in [-0.4, -0.2) is 52.2 Å². The van der Waals surface area contributed by atoms with Crippen LogP contribution in [0.1, 0.15) is 42.5 Å². The van der Waals surface area contributed by atoms with Crippen molar-refractivity contribution < 1.29 is 4.79 Å². The number of pyridine rings is 1. The summed E-state index contributed by atoms with van der Waals surface area (Å²) in [6.07, 6.45) is 1.54. The predicted molar refractivity (Wildman–Crippen MR) is 97.5 cm³/mol. The van der Waals surface area contributed by atoms with Gasteiger partial charge in [0, 0.05) is 50.0 Å². The lowest BCUT2D eigenvalue weighted by Crippen LogP contribution is -2.46. The molecule has 1 amide bonds. The van der Waals surface area contributed by atoms with Gasteiger partial charge in [-0.2, -0.15) is 5.10 Å². The van der Waals surface area contributed by atoms with Gasteiger partial charge in [0.25, 0.3) is 0 Å². The molecule has 1 aliphatic heterocycles. The van der Waals surface area contributed by atoms with E-state index in [-0.39, 0.29) is 5.41 Å². The first kappa shape index (κ1) is 17.4. The summed E-state index contributed by atoms with van der Waals surface area (Å²) in [6, 6.07) is 5.76. The standard InChI is InChI=1S/C18H26N6O/c1-18(2,3)15-10-14(21-22-15)12-23-6-8-24(9-7-23)16-5-4-13(11-20-16)17(19)25/h4-5,10-11H,6-9,12H2,1-3H3,(H2,19,25)(H,21,22). The first-order valence-corrected chi connectivity index (χ1v) is 8.61. The molecule has 0 unspecified atom stereocenters. The zero-order chi connectivity index (χ0) is 18.0. The molecule has 3 N–H and O–H groups in total. The molecule has 3 heterocycles. The van der Waals surface area contributed by atoms with Crippen LogP contribution in [0.2, 0.25) is 0 Å². The average molecular weight is 342 g/mol. The maximum absolute atomic E-state index is 11.1. The molecule has 1 fully saturated rings. The van der Waals surface area contributed by atoms with Crippen LogP contribution in [0.15, 0.2) is 24.4 Å². The van der Waals surface area contributed by atoms with E-state index in [1.54, 1.807) is 12.3 Å². The molecule has 7 heteroatoms. The zero-order valence-corrected chi connectivity index (χ0v) is 15.1. The second-order valence-corrected chi connectivity index (χ2v) is 7.56. The van der Waals surface area contributed by atoms with Crippen molar-refractivity contribution in [3.8, 4) is 0 Å². The van der Waals surface area contributed by atoms with Crippen molar-refractivity contribution in [2.24, 2.45) is 5.73 Å². The summed E-state index contributed by atoms with van der Waals surface area (Å²) in [5.74, 6) is 0.444. The molecule has 1 aliphatic rings. The minimum Gasteiger partial charge on any atom is -0.366 e. The van der Waals surface area contributed by atoms with Gasteiger partial charge in [-0.3, -0.25) is 14.8 Å². The third-order valence-corrected chi connectivity index (χ3v) is 4.52. The molecular formula is C18H26N6O. The summed E-state index contributed by atoms with van der Waals surface area (Å²) in [5.41, 5.74) is 8.01. The van der Waals surface area contributed by atoms with Gasteiger partial charge >= 0.3 is 0 Å². The fourth-order valence-corrected chi connectivity index (χ4v) is 2.92. The molecule has 25 heavy (non-hydrogen) atoms. The van der Waals surface area contributed by atoms with Crippen LogP contribution in [0, 0.1) is 0 Å². The number of primary amides is 1. The van der Waals surface area contributed by atoms with E-state index in [2.05, 4.69) is 51.8 Å². The van der Waals surface area contributed by atoms with Gasteiger partial charge < -0.3 is 10.6 Å². The Kier molecular flexibility index (Phi) is 4.76. The average Bonchev–Trinajstić information content (AvgIpc) is 3.04. The molecule has 3 rings (SSSR count). The van der Waals surface area contributed by atoms with E-state index in [1.807, 2.05) is 6.07 Å². The number of carbonyl (C=O) groups excluding carboxylic acids is 1. The Hall–Kier alpha value is -2.41. The number of anilines is 1. The number of rotatable bonds is 4. The van der Waals surface area contributed by atoms with Crippen molar-refractivity contribution in [2.75, 3.05) is 31.1 Å². The SMILES string of the molecule is CC(C)(C)c1cc(CN2CCN(c3ccc(C(N)=O)cn3)CC2)[nH]n1. The molecule has 0 spiro atoms. The quantitative estimate of drug-likeness (QED) is 0.879. The van der Waals surface area contributed by atoms with Gasteiger partial charge in [-0.25, -0.2) is 4.98 Å². The molecule has 0 aliphatic carbocycles. The van der Waals surface area contributed by atoms with E-state index in [0.29, 0.717) is 5.56 Å². The van der Waals surface area contributed by atoms with Gasteiger partial charge in [-0.15, -0.1) is 0 Å². The van der Waals surface area contributed by atoms with Crippen molar-refractivity contribution in [2.45, 2.75) is 32.7 Å². The van der Waals surface area contributed by atoms with E-state index >= 15 is 0 Å². The molecule has 0 aromatic carbocycles. The molecule has 0 atom stereocenters. The van der Waals surface area contributed by atoms with Crippen LogP contribution < -0.4 is 10.6 Å². The maximum atomic E-state index is 11.1. The number of hydrogen-bond acceptors (Lipinski definition) is 5. The number of amides is 1. The molecular weight excluding hydrogens is 316 g/mol. The topological polar surface area (TPSA) is 91.1 Å². The number of nitrogens with one attached hydrogen (secondary N) is 1. The molecule has 134 valence electrons. The highest BCUT2D eigenvalue weighted by Gasteiger charge is 2.21. The Morgan fingerprint density at radius 2 is 1.96 bits per heavy atom. The lowest BCUT2D eigenvalue weighted by atomic mass is 9.92. The summed E-state index contributed by atoms with van der Waals surface area (Å²) < 4.78 is 0. The highest BCUT2D eigenvalue weighted by atomic mass is 16.1. The molecule has 0 saturated carbocycles. The lowest BCUT2D eigenvalue weighted by Gasteiger charge is -2.35. The third-order valence-electron chi connectivity index (χ3n) is 4.52. The second kappa shape index (κ2) is 6.84. The molecule has 2 aromatic rings. The third kappa shape index (κ3) is 4.17. The van der Waals surface area contributed by atoms with E-state index in [9.17, 15) is 4.79 Å². The summed E-state index contributed by atoms with van der Waals surface area (Å²) in [7, 11) is 0. The van der Waals surface area contributed by atoms with Crippen LogP contribution in [0.5, 0.6) is 0 Å². The first-order chi connectivity index (χ1) is 11.8. The van der Waals surface area contributed by atoms with E-state index in [4.69, 9.17) is 5.73 Å². The number of nitrogens with zero attached hydrogens (tertiary/aromatic N) is 4. The smallest absolute Gasteiger partial charge is 0.250 e. The Morgan fingerprint density at radius 1 is 1.24 bits per heavy atom. The number of nitrogens with two attached hydrogens (primary N) is 1. The maximum Gasteiger partial charge on any atom is 0.250 e. The van der Waals surface area contributed by atoms with Gasteiger partial charge in [0.05, 0.1) is 11.3 Å². The summed E-state index contributed by atoms with van der Waals surface area (Å²) >= 11 is 0. The number of aromatic nitrogens is 3. The summed E-state index contributed by atoms with van der Waals surface area (Å²) in [6.45, 7) is 11.1. The number of carbonyl (C=O) groups is 1. The summed E-state index contributed by atoms with van der Waals surface area (Å²) in [5, 5.41) is 7.59. The minimum atomic E-state index is -0.446. The van der Waals surface area contributed by atoms with Gasteiger partial charge in [-0.1, -0.05) is 20.8 Å². The normalized spacial score (nSPS) is 16.2. The van der Waals surface area contributed by atoms with Gasteiger partial charge in [0.15, 0.2) is 0 Å². The number of H-pyrrole nitrogens is 1. The van der Waals surface area contributed by atoms with Crippen LogP contribution >= 0.6 is 0 Å². The molecule has 7 nitrogen and oxygen atoms in total. The molecule has 0 bridgehead atoms. The Balaban J connectivity index is 1.55. The molecule has 2 aromatic heterocycles. The van der Waals surface area contributed by atoms with Crippen molar-refractivity contribution >= 4 is 11.7 Å². The van der Waals surface area contributed by atoms with Crippen molar-refractivity contribution in [1.29, 1.82) is 0 Å². The van der Waals surface area contributed by atoms with E-state index in [1.165, 1.54) is 0 Å². The van der Waals surface area contributed by atoms with Crippen molar-refractivity contribution in [3.63, 3.8) is 0 Å². The second-order valence-electron chi connectivity index (χ2n) is 7.56. The number of aromatic amines is 1. The lowest BCUT2D eigenvalue weighted by molar-refractivity contribution is 0.1000. The van der Waals surface area contributed by atoms with Crippen LogP contribution in [0.3, 0.4) is 0 Å². The molecule has 1 saturated heterocycles. The monoisotopic (exact) mass is 342 g/mol. The van der Waals surface area contributed by atoms with Crippen LogP contribution in [0.4, 0.5) is 5.82 Å². The zero-order valence-electron chi connectivity index (χ0n) is 15.1. The van der Waals surface area contributed by atoms with Crippen molar-refractivity contribution in [1.82, 2.24) is 20.1 Å².